The molecule has 0 N–H and O–H groups in total. The van der Waals surface area contributed by atoms with Gasteiger partial charge < -0.3 is 0 Å². The van der Waals surface area contributed by atoms with Crippen molar-refractivity contribution in [3.8, 4) is 0 Å². The van der Waals surface area contributed by atoms with Gasteiger partial charge in [-0.1, -0.05) is 25.0 Å². The standard InChI is InChI=1S/C14H24FN/c1-3-13-8-9-16(11(13)2)10-12-4-6-14(15)7-5-12/h4,11,13-14H,3,5-10H2,1-2H3/t11?,13?,14-/m0/s1. The third-order valence-corrected chi connectivity index (χ3v) is 4.42. The molecule has 0 aromatic rings. The molecule has 1 heterocycles. The third kappa shape index (κ3) is 2.65. The topological polar surface area (TPSA) is 3.24 Å². The maximum atomic E-state index is 13.0. The van der Waals surface area contributed by atoms with Gasteiger partial charge in [-0.05, 0) is 45.1 Å². The molecule has 1 saturated heterocycles. The summed E-state index contributed by atoms with van der Waals surface area (Å²) in [7, 11) is 0. The average molecular weight is 225 g/mol. The number of nitrogens with zero attached hydrogens (tertiary/aromatic N) is 1. The molecule has 2 aliphatic rings. The summed E-state index contributed by atoms with van der Waals surface area (Å²) in [4.78, 5) is 2.58. The van der Waals surface area contributed by atoms with Gasteiger partial charge in [-0.2, -0.15) is 0 Å². The van der Waals surface area contributed by atoms with Crippen molar-refractivity contribution in [1.29, 1.82) is 0 Å². The van der Waals surface area contributed by atoms with Gasteiger partial charge in [-0.15, -0.1) is 0 Å². The van der Waals surface area contributed by atoms with Crippen LogP contribution >= 0.6 is 0 Å². The fraction of sp³-hybridized carbons (Fsp3) is 0.857. The molecule has 16 heavy (non-hydrogen) atoms. The van der Waals surface area contributed by atoms with Crippen molar-refractivity contribution in [1.82, 2.24) is 4.90 Å². The molecule has 3 atom stereocenters. The molecule has 1 aliphatic heterocycles. The first-order chi connectivity index (χ1) is 7.70. The lowest BCUT2D eigenvalue weighted by molar-refractivity contribution is 0.247. The Bertz CT molecular complexity index is 261. The first-order valence-electron chi connectivity index (χ1n) is 6.76. The van der Waals surface area contributed by atoms with Crippen LogP contribution in [0.5, 0.6) is 0 Å². The Morgan fingerprint density at radius 2 is 2.25 bits per heavy atom. The molecule has 0 radical (unpaired) electrons. The second-order valence-corrected chi connectivity index (χ2v) is 5.40. The Balaban J connectivity index is 1.86. The molecule has 92 valence electrons. The van der Waals surface area contributed by atoms with Gasteiger partial charge in [0.05, 0.1) is 0 Å². The fourth-order valence-electron chi connectivity index (χ4n) is 3.10. The number of alkyl halides is 1. The molecule has 2 heteroatoms. The number of hydrogen-bond donors (Lipinski definition) is 0. The zero-order valence-electron chi connectivity index (χ0n) is 10.6. The van der Waals surface area contributed by atoms with Crippen LogP contribution in [-0.4, -0.2) is 30.2 Å². The van der Waals surface area contributed by atoms with Crippen molar-refractivity contribution in [3.05, 3.63) is 11.6 Å². The summed E-state index contributed by atoms with van der Waals surface area (Å²) in [5, 5.41) is 0. The normalized spacial score (nSPS) is 36.4. The molecule has 2 unspecified atom stereocenters. The zero-order chi connectivity index (χ0) is 11.5. The van der Waals surface area contributed by atoms with Gasteiger partial charge in [0.1, 0.15) is 6.17 Å². The van der Waals surface area contributed by atoms with Crippen molar-refractivity contribution in [3.63, 3.8) is 0 Å². The van der Waals surface area contributed by atoms with E-state index in [1.165, 1.54) is 25.0 Å². The molecule has 0 bridgehead atoms. The summed E-state index contributed by atoms with van der Waals surface area (Å²) in [6.45, 7) is 6.96. The van der Waals surface area contributed by atoms with E-state index in [4.69, 9.17) is 0 Å². The molecule has 1 fully saturated rings. The van der Waals surface area contributed by atoms with Gasteiger partial charge in [0, 0.05) is 12.6 Å². The molecule has 0 aromatic carbocycles. The van der Waals surface area contributed by atoms with Crippen LogP contribution in [0.2, 0.25) is 0 Å². The minimum Gasteiger partial charge on any atom is -0.296 e. The highest BCUT2D eigenvalue weighted by Gasteiger charge is 2.29. The van der Waals surface area contributed by atoms with Crippen LogP contribution in [0, 0.1) is 5.92 Å². The smallest absolute Gasteiger partial charge is 0.104 e. The van der Waals surface area contributed by atoms with E-state index in [1.807, 2.05) is 0 Å². The molecule has 0 aromatic heterocycles. The maximum absolute atomic E-state index is 13.0. The average Bonchev–Trinajstić information content (AvgIpc) is 2.63. The second-order valence-electron chi connectivity index (χ2n) is 5.40. The van der Waals surface area contributed by atoms with Gasteiger partial charge in [-0.3, -0.25) is 4.90 Å². The van der Waals surface area contributed by atoms with E-state index in [2.05, 4.69) is 24.8 Å². The van der Waals surface area contributed by atoms with Gasteiger partial charge in [0.15, 0.2) is 0 Å². The molecular weight excluding hydrogens is 201 g/mol. The van der Waals surface area contributed by atoms with Gasteiger partial charge in [0.25, 0.3) is 0 Å². The Labute approximate surface area is 98.7 Å². The lowest BCUT2D eigenvalue weighted by Gasteiger charge is -2.27. The summed E-state index contributed by atoms with van der Waals surface area (Å²) in [5.74, 6) is 0.873. The number of likely N-dealkylation sites (tertiary alicyclic amines) is 1. The number of halogens is 1. The van der Waals surface area contributed by atoms with Gasteiger partial charge in [-0.25, -0.2) is 4.39 Å². The lowest BCUT2D eigenvalue weighted by Crippen LogP contribution is -2.32. The van der Waals surface area contributed by atoms with Crippen molar-refractivity contribution in [2.24, 2.45) is 5.92 Å². The van der Waals surface area contributed by atoms with Gasteiger partial charge in [0.2, 0.25) is 0 Å². The van der Waals surface area contributed by atoms with E-state index in [0.29, 0.717) is 12.5 Å². The minimum absolute atomic E-state index is 0.580. The van der Waals surface area contributed by atoms with E-state index in [0.717, 1.165) is 25.3 Å². The molecule has 0 amide bonds. The van der Waals surface area contributed by atoms with Crippen LogP contribution in [-0.2, 0) is 0 Å². The predicted octanol–water partition coefficient (Wildman–Crippen LogP) is 3.56. The van der Waals surface area contributed by atoms with Crippen molar-refractivity contribution >= 4 is 0 Å². The molecule has 1 aliphatic carbocycles. The SMILES string of the molecule is CCC1CCN(CC2=CC[C@H](F)CC2)C1C. The van der Waals surface area contributed by atoms with Crippen molar-refractivity contribution in [2.75, 3.05) is 13.1 Å². The van der Waals surface area contributed by atoms with E-state index in [9.17, 15) is 4.39 Å². The highest BCUT2D eigenvalue weighted by Crippen LogP contribution is 2.29. The minimum atomic E-state index is -0.580. The number of allylic oxidation sites excluding steroid dienone is 1. The van der Waals surface area contributed by atoms with E-state index in [-0.39, 0.29) is 0 Å². The molecule has 2 rings (SSSR count). The Kier molecular flexibility index (Phi) is 4.01. The van der Waals surface area contributed by atoms with Crippen molar-refractivity contribution in [2.45, 2.75) is 58.2 Å². The zero-order valence-corrected chi connectivity index (χ0v) is 10.6. The van der Waals surface area contributed by atoms with E-state index in [1.54, 1.807) is 0 Å². The van der Waals surface area contributed by atoms with Crippen LogP contribution in [0.3, 0.4) is 0 Å². The number of hydrogen-bond acceptors (Lipinski definition) is 1. The van der Waals surface area contributed by atoms with Crippen LogP contribution in [0.4, 0.5) is 4.39 Å². The van der Waals surface area contributed by atoms with Crippen LogP contribution < -0.4 is 0 Å². The second kappa shape index (κ2) is 5.31. The predicted molar refractivity (Wildman–Crippen MR) is 66.3 cm³/mol. The highest BCUT2D eigenvalue weighted by atomic mass is 19.1. The third-order valence-electron chi connectivity index (χ3n) is 4.42. The van der Waals surface area contributed by atoms with Crippen LogP contribution in [0.1, 0.15) is 46.0 Å². The summed E-state index contributed by atoms with van der Waals surface area (Å²) in [6.07, 6.45) is 6.56. The highest BCUT2D eigenvalue weighted by molar-refractivity contribution is 5.10. The Morgan fingerprint density at radius 3 is 2.81 bits per heavy atom. The fourth-order valence-corrected chi connectivity index (χ4v) is 3.10. The Morgan fingerprint density at radius 1 is 1.44 bits per heavy atom. The van der Waals surface area contributed by atoms with Crippen LogP contribution in [0.15, 0.2) is 11.6 Å². The molecule has 0 spiro atoms. The maximum Gasteiger partial charge on any atom is 0.104 e. The summed E-state index contributed by atoms with van der Waals surface area (Å²) < 4.78 is 13.0. The van der Waals surface area contributed by atoms with E-state index < -0.39 is 6.17 Å². The first kappa shape index (κ1) is 12.1. The lowest BCUT2D eigenvalue weighted by atomic mass is 9.96. The molecular formula is C14H24FN. The summed E-state index contributed by atoms with van der Waals surface area (Å²) in [6, 6.07) is 0.717. The largest absolute Gasteiger partial charge is 0.296 e. The summed E-state index contributed by atoms with van der Waals surface area (Å²) >= 11 is 0. The molecule has 1 nitrogen and oxygen atoms in total. The number of rotatable bonds is 3. The van der Waals surface area contributed by atoms with Gasteiger partial charge >= 0.3 is 0 Å². The first-order valence-corrected chi connectivity index (χ1v) is 6.76. The monoisotopic (exact) mass is 225 g/mol. The van der Waals surface area contributed by atoms with Crippen LogP contribution in [0.25, 0.3) is 0 Å². The summed E-state index contributed by atoms with van der Waals surface area (Å²) in [5.41, 5.74) is 1.47. The Hall–Kier alpha value is -0.370. The molecule has 0 saturated carbocycles. The van der Waals surface area contributed by atoms with Crippen molar-refractivity contribution < 1.29 is 4.39 Å². The quantitative estimate of drug-likeness (QED) is 0.664. The van der Waals surface area contributed by atoms with E-state index >= 15 is 0 Å².